The zero-order chi connectivity index (χ0) is 14.4. The first-order valence-corrected chi connectivity index (χ1v) is 7.35. The third-order valence-corrected chi connectivity index (χ3v) is 3.82. The first-order valence-electron chi connectivity index (χ1n) is 7.35. The van der Waals surface area contributed by atoms with Crippen molar-refractivity contribution in [2.75, 3.05) is 13.6 Å². The number of nitrogens with zero attached hydrogens (tertiary/aromatic N) is 1. The Morgan fingerprint density at radius 3 is 2.16 bits per heavy atom. The average molecular weight is 263 g/mol. The van der Waals surface area contributed by atoms with Crippen LogP contribution in [-0.2, 0) is 0 Å². The molecule has 1 aromatic rings. The molecular weight excluding hydrogens is 234 g/mol. The van der Waals surface area contributed by atoms with E-state index in [1.54, 1.807) is 0 Å². The summed E-state index contributed by atoms with van der Waals surface area (Å²) >= 11 is 0. The number of hydrogen-bond acceptors (Lipinski definition) is 2. The minimum Gasteiger partial charge on any atom is -0.388 e. The molecule has 3 unspecified atom stereocenters. The topological polar surface area (TPSA) is 23.5 Å². The third-order valence-electron chi connectivity index (χ3n) is 3.82. The molecule has 0 heterocycles. The lowest BCUT2D eigenvalue weighted by molar-refractivity contribution is 0.0826. The van der Waals surface area contributed by atoms with Gasteiger partial charge in [0.15, 0.2) is 0 Å². The molecule has 19 heavy (non-hydrogen) atoms. The molecule has 2 nitrogen and oxygen atoms in total. The molecule has 0 aliphatic carbocycles. The van der Waals surface area contributed by atoms with Gasteiger partial charge < -0.3 is 10.0 Å². The molecule has 0 bridgehead atoms. The van der Waals surface area contributed by atoms with Crippen molar-refractivity contribution in [1.82, 2.24) is 4.90 Å². The number of aliphatic hydroxyl groups is 1. The van der Waals surface area contributed by atoms with E-state index >= 15 is 0 Å². The molecule has 0 aromatic heterocycles. The second-order valence-electron chi connectivity index (χ2n) is 6.25. The van der Waals surface area contributed by atoms with Crippen LogP contribution in [0.3, 0.4) is 0 Å². The Balaban J connectivity index is 2.52. The molecule has 0 spiro atoms. The molecule has 1 rings (SSSR count). The standard InChI is InChI=1S/C17H29NO/c1-13(2)11-15(4)18(5)12-14(3)17(19)16-9-7-6-8-10-16/h6-10,13-15,17,19H,11-12H2,1-5H3. The Morgan fingerprint density at radius 2 is 1.63 bits per heavy atom. The van der Waals surface area contributed by atoms with E-state index in [4.69, 9.17) is 0 Å². The highest BCUT2D eigenvalue weighted by molar-refractivity contribution is 5.17. The summed E-state index contributed by atoms with van der Waals surface area (Å²) in [5.41, 5.74) is 1.01. The zero-order valence-corrected chi connectivity index (χ0v) is 13.0. The predicted molar refractivity (Wildman–Crippen MR) is 82.1 cm³/mol. The first kappa shape index (κ1) is 16.2. The molecule has 0 fully saturated rings. The second kappa shape index (κ2) is 7.66. The van der Waals surface area contributed by atoms with E-state index in [1.165, 1.54) is 6.42 Å². The van der Waals surface area contributed by atoms with Gasteiger partial charge in [-0.05, 0) is 37.8 Å². The van der Waals surface area contributed by atoms with Crippen molar-refractivity contribution in [3.63, 3.8) is 0 Å². The van der Waals surface area contributed by atoms with Gasteiger partial charge in [0.2, 0.25) is 0 Å². The highest BCUT2D eigenvalue weighted by Crippen LogP contribution is 2.23. The lowest BCUT2D eigenvalue weighted by Crippen LogP contribution is -2.35. The van der Waals surface area contributed by atoms with Crippen LogP contribution in [0.2, 0.25) is 0 Å². The van der Waals surface area contributed by atoms with Crippen molar-refractivity contribution < 1.29 is 5.11 Å². The van der Waals surface area contributed by atoms with Crippen LogP contribution in [0.25, 0.3) is 0 Å². The minimum atomic E-state index is -0.380. The molecule has 0 saturated heterocycles. The Kier molecular flexibility index (Phi) is 6.53. The van der Waals surface area contributed by atoms with Gasteiger partial charge in [0.25, 0.3) is 0 Å². The quantitative estimate of drug-likeness (QED) is 0.810. The van der Waals surface area contributed by atoms with Crippen molar-refractivity contribution in [3.05, 3.63) is 35.9 Å². The predicted octanol–water partition coefficient (Wildman–Crippen LogP) is 3.72. The Hall–Kier alpha value is -0.860. The average Bonchev–Trinajstić information content (AvgIpc) is 2.37. The summed E-state index contributed by atoms with van der Waals surface area (Å²) in [5, 5.41) is 10.4. The van der Waals surface area contributed by atoms with Gasteiger partial charge in [0.1, 0.15) is 0 Å². The monoisotopic (exact) mass is 263 g/mol. The van der Waals surface area contributed by atoms with Crippen LogP contribution in [0.5, 0.6) is 0 Å². The molecule has 0 amide bonds. The fourth-order valence-corrected chi connectivity index (χ4v) is 2.57. The normalized spacial score (nSPS) is 16.6. The number of hydrogen-bond donors (Lipinski definition) is 1. The number of benzene rings is 1. The summed E-state index contributed by atoms with van der Waals surface area (Å²) in [7, 11) is 2.15. The Morgan fingerprint density at radius 1 is 1.05 bits per heavy atom. The highest BCUT2D eigenvalue weighted by Gasteiger charge is 2.20. The van der Waals surface area contributed by atoms with Crippen LogP contribution in [0.15, 0.2) is 30.3 Å². The third kappa shape index (κ3) is 5.33. The first-order chi connectivity index (χ1) is 8.91. The maximum absolute atomic E-state index is 10.4. The largest absolute Gasteiger partial charge is 0.388 e. The summed E-state index contributed by atoms with van der Waals surface area (Å²) in [6.07, 6.45) is 0.819. The van der Waals surface area contributed by atoms with E-state index in [0.717, 1.165) is 12.1 Å². The van der Waals surface area contributed by atoms with E-state index in [9.17, 15) is 5.11 Å². The molecule has 0 aliphatic rings. The fourth-order valence-electron chi connectivity index (χ4n) is 2.57. The summed E-state index contributed by atoms with van der Waals surface area (Å²) in [5.74, 6) is 0.953. The molecule has 0 radical (unpaired) electrons. The van der Waals surface area contributed by atoms with Gasteiger partial charge in [0.05, 0.1) is 6.10 Å². The summed E-state index contributed by atoms with van der Waals surface area (Å²) < 4.78 is 0. The van der Waals surface area contributed by atoms with Crippen LogP contribution < -0.4 is 0 Å². The van der Waals surface area contributed by atoms with E-state index < -0.39 is 0 Å². The van der Waals surface area contributed by atoms with E-state index in [1.807, 2.05) is 30.3 Å². The molecule has 1 aromatic carbocycles. The van der Waals surface area contributed by atoms with Gasteiger partial charge in [0, 0.05) is 12.6 Å². The maximum Gasteiger partial charge on any atom is 0.0827 e. The SMILES string of the molecule is CC(C)CC(C)N(C)CC(C)C(O)c1ccccc1. The van der Waals surface area contributed by atoms with Crippen LogP contribution in [0.4, 0.5) is 0 Å². The van der Waals surface area contributed by atoms with Gasteiger partial charge in [-0.25, -0.2) is 0 Å². The van der Waals surface area contributed by atoms with Crippen molar-refractivity contribution in [2.24, 2.45) is 11.8 Å². The van der Waals surface area contributed by atoms with Crippen molar-refractivity contribution in [2.45, 2.75) is 46.3 Å². The van der Waals surface area contributed by atoms with Gasteiger partial charge in [-0.2, -0.15) is 0 Å². The molecule has 2 heteroatoms. The fraction of sp³-hybridized carbons (Fsp3) is 0.647. The van der Waals surface area contributed by atoms with Gasteiger partial charge in [-0.15, -0.1) is 0 Å². The van der Waals surface area contributed by atoms with Crippen LogP contribution in [0.1, 0.15) is 45.8 Å². The molecule has 0 aliphatic heterocycles. The minimum absolute atomic E-state index is 0.238. The smallest absolute Gasteiger partial charge is 0.0827 e. The number of rotatable bonds is 7. The van der Waals surface area contributed by atoms with E-state index in [0.29, 0.717) is 12.0 Å². The molecule has 1 N–H and O–H groups in total. The summed E-state index contributed by atoms with van der Waals surface area (Å²) in [6.45, 7) is 9.82. The van der Waals surface area contributed by atoms with Gasteiger partial charge in [-0.1, -0.05) is 51.1 Å². The highest BCUT2D eigenvalue weighted by atomic mass is 16.3. The van der Waals surface area contributed by atoms with Crippen LogP contribution in [0, 0.1) is 11.8 Å². The van der Waals surface area contributed by atoms with Crippen molar-refractivity contribution >= 4 is 0 Å². The molecule has 108 valence electrons. The second-order valence-corrected chi connectivity index (χ2v) is 6.25. The molecular formula is C17H29NO. The van der Waals surface area contributed by atoms with Crippen LogP contribution >= 0.6 is 0 Å². The van der Waals surface area contributed by atoms with Gasteiger partial charge in [-0.3, -0.25) is 0 Å². The van der Waals surface area contributed by atoms with Crippen molar-refractivity contribution in [1.29, 1.82) is 0 Å². The lowest BCUT2D eigenvalue weighted by Gasteiger charge is -2.30. The maximum atomic E-state index is 10.4. The lowest BCUT2D eigenvalue weighted by atomic mass is 9.96. The van der Waals surface area contributed by atoms with E-state index in [-0.39, 0.29) is 12.0 Å². The molecule has 0 saturated carbocycles. The molecule has 3 atom stereocenters. The summed E-state index contributed by atoms with van der Waals surface area (Å²) in [4.78, 5) is 2.36. The van der Waals surface area contributed by atoms with Crippen LogP contribution in [-0.4, -0.2) is 29.6 Å². The van der Waals surface area contributed by atoms with Crippen molar-refractivity contribution in [3.8, 4) is 0 Å². The Bertz CT molecular complexity index is 350. The zero-order valence-electron chi connectivity index (χ0n) is 13.0. The Labute approximate surface area is 118 Å². The number of aliphatic hydroxyl groups excluding tert-OH is 1. The van der Waals surface area contributed by atoms with Gasteiger partial charge >= 0.3 is 0 Å². The summed E-state index contributed by atoms with van der Waals surface area (Å²) in [6, 6.07) is 10.5. The van der Waals surface area contributed by atoms with E-state index in [2.05, 4.69) is 39.6 Å².